The summed E-state index contributed by atoms with van der Waals surface area (Å²) in [5.74, 6) is -0.427. The second-order valence-electron chi connectivity index (χ2n) is 26.0. The van der Waals surface area contributed by atoms with Gasteiger partial charge in [-0.1, -0.05) is 0 Å². The molecule has 28 aromatic carbocycles. The van der Waals surface area contributed by atoms with Crippen molar-refractivity contribution in [3.05, 3.63) is 22.3 Å². The Morgan fingerprint density at radius 1 is 0.304 bits per heavy atom. The minimum absolute atomic E-state index is 0.223. The van der Waals surface area contributed by atoms with Crippen LogP contribution < -0.4 is 0 Å². The monoisotopic (exact) mass is 848 g/mol. The van der Waals surface area contributed by atoms with Gasteiger partial charge >= 0.3 is 0 Å². The average Bonchev–Trinajstić information content (AvgIpc) is 4.24. The Morgan fingerprint density at radius 3 is 0.725 bits per heavy atom. The van der Waals surface area contributed by atoms with Gasteiger partial charge in [-0.15, -0.1) is 0 Å². The lowest BCUT2D eigenvalue weighted by Gasteiger charge is -2.50. The molecule has 0 radical (unpaired) electrons. The fourth-order valence-electron chi connectivity index (χ4n) is 26.3. The molecule has 28 aromatic rings. The normalized spacial score (nSPS) is 26.8. The number of hydrogen-bond donors (Lipinski definition) is 0. The first-order valence-corrected chi connectivity index (χ1v) is 26.4. The molecule has 2 nitrogen and oxygen atoms in total. The molecule has 2 spiro atoms. The van der Waals surface area contributed by atoms with Gasteiger partial charge in [-0.25, -0.2) is 0 Å². The van der Waals surface area contributed by atoms with E-state index in [-0.39, 0.29) is 11.3 Å². The van der Waals surface area contributed by atoms with Crippen molar-refractivity contribution in [3.8, 4) is 0 Å². The summed E-state index contributed by atoms with van der Waals surface area (Å²) in [5, 5.41) is 89.0. The SMILES string of the molecule is CCO[C@]12CCC[C@H]1C13c4c5c6c7c8c9c(c%10c%11c1c1c4c4c%12c5c5c6c6c8c8c%13c9c9c%10c%10c%11c%11c1c1c4c4c%12c%12c5c5c6c8c6c8c%13c9c9c%10c%10c%11c1c1c4c4c%12c5c6c5c8c9c%10c1c45)C73O2. The van der Waals surface area contributed by atoms with E-state index in [4.69, 9.17) is 9.47 Å². The maximum atomic E-state index is 8.88. The van der Waals surface area contributed by atoms with Crippen LogP contribution in [0, 0.1) is 5.92 Å². The highest BCUT2D eigenvalue weighted by Gasteiger charge is 2.82. The predicted octanol–water partition coefficient (Wildman–Crippen LogP) is 17.8. The van der Waals surface area contributed by atoms with Crippen LogP contribution in [0.25, 0.3) is 291 Å². The van der Waals surface area contributed by atoms with Crippen molar-refractivity contribution < 1.29 is 9.47 Å². The third-order valence-electron chi connectivity index (χ3n) is 26.1. The summed E-state index contributed by atoms with van der Waals surface area (Å²) in [6, 6.07) is 0. The van der Waals surface area contributed by atoms with Gasteiger partial charge in [-0.2, -0.15) is 0 Å². The smallest absolute Gasteiger partial charge is 0.174 e. The molecular formula is C67H12O2. The summed E-state index contributed by atoms with van der Waals surface area (Å²) in [5.41, 5.74) is 5.58. The summed E-state index contributed by atoms with van der Waals surface area (Å²) < 4.78 is 16.4. The van der Waals surface area contributed by atoms with E-state index in [2.05, 4.69) is 6.92 Å². The third-order valence-corrected chi connectivity index (χ3v) is 26.1. The van der Waals surface area contributed by atoms with Crippen LogP contribution in [0.2, 0.25) is 0 Å². The first kappa shape index (κ1) is 25.7. The van der Waals surface area contributed by atoms with Crippen LogP contribution in [0.4, 0.5) is 0 Å². The highest BCUT2D eigenvalue weighted by Crippen LogP contribution is 2.88. The van der Waals surface area contributed by atoms with Gasteiger partial charge in [0.1, 0.15) is 5.60 Å². The lowest BCUT2D eigenvalue weighted by atomic mass is 9.51. The lowest BCUT2D eigenvalue weighted by Crippen LogP contribution is -2.52. The molecule has 5 aliphatic carbocycles. The van der Waals surface area contributed by atoms with E-state index in [0.29, 0.717) is 6.61 Å². The molecule has 292 valence electrons. The second-order valence-corrected chi connectivity index (χ2v) is 26.0. The van der Waals surface area contributed by atoms with Crippen molar-refractivity contribution in [3.63, 3.8) is 0 Å². The Bertz CT molecular complexity index is 6980. The Kier molecular flexibility index (Phi) is 2.12. The van der Waals surface area contributed by atoms with Crippen molar-refractivity contribution in [2.24, 2.45) is 5.92 Å². The van der Waals surface area contributed by atoms with Crippen molar-refractivity contribution in [2.45, 2.75) is 43.0 Å². The van der Waals surface area contributed by atoms with E-state index in [1.165, 1.54) is 0 Å². The lowest BCUT2D eigenvalue weighted by molar-refractivity contribution is -0.251. The van der Waals surface area contributed by atoms with Crippen LogP contribution in [0.5, 0.6) is 0 Å². The minimum Gasteiger partial charge on any atom is -0.350 e. The molecule has 34 rings (SSSR count). The van der Waals surface area contributed by atoms with Gasteiger partial charge in [0.05, 0.1) is 5.41 Å². The van der Waals surface area contributed by atoms with E-state index >= 15 is 0 Å². The molecule has 0 amide bonds. The van der Waals surface area contributed by atoms with Crippen LogP contribution in [-0.2, 0) is 20.5 Å². The fraction of sp³-hybridized carbons (Fsp3) is 0.134. The van der Waals surface area contributed by atoms with E-state index in [1.807, 2.05) is 0 Å². The zero-order valence-corrected chi connectivity index (χ0v) is 35.7. The second kappa shape index (κ2) is 5.69. The molecule has 0 aromatic heterocycles. The standard InChI is InChI=1S/C67H12O2/c1-2-68-65-5-3-4-6(65)66-61-53-45-35-25-17-9-7-8-11-15-13(9)21-29-23(15)33-27-19(11)20-12(8)16-14-10(7)18(17)26-32-22(14)30-24(16)34-28(20)38-37(27)49-43(33)51-41(29)47(39(45)31(21)25)55(61)57(51)63-59(49)60-50(38)44(34)52-42(30)48-40(32)46(36(26)35)54(53)62(66)56(48)58(52)64(60)67(63,66)69-65/h6H,2-5H2,1H3/t6-,65+,66?,67?/m1/s1. The third kappa shape index (κ3) is 1.32. The van der Waals surface area contributed by atoms with E-state index in [9.17, 15) is 0 Å². The zero-order chi connectivity index (χ0) is 40.8. The first-order chi connectivity index (χ1) is 34.3. The Labute approximate surface area is 376 Å². The van der Waals surface area contributed by atoms with Crippen molar-refractivity contribution >= 4 is 291 Å². The Hall–Kier alpha value is -7.62. The quantitative estimate of drug-likeness (QED) is 0.161. The summed E-state index contributed by atoms with van der Waals surface area (Å²) in [6.07, 6.45) is 3.30. The molecule has 1 saturated carbocycles. The van der Waals surface area contributed by atoms with Gasteiger partial charge < -0.3 is 9.47 Å². The van der Waals surface area contributed by atoms with Crippen LogP contribution in [-0.4, -0.2) is 12.4 Å². The fourth-order valence-corrected chi connectivity index (χ4v) is 26.3. The molecule has 6 aliphatic rings. The average molecular weight is 849 g/mol. The highest BCUT2D eigenvalue weighted by molar-refractivity contribution is 6.82. The van der Waals surface area contributed by atoms with Gasteiger partial charge in [0.15, 0.2) is 5.79 Å². The Morgan fingerprint density at radius 2 is 0.507 bits per heavy atom. The number of rotatable bonds is 2. The van der Waals surface area contributed by atoms with E-state index in [1.54, 1.807) is 313 Å². The van der Waals surface area contributed by atoms with Crippen molar-refractivity contribution in [1.82, 2.24) is 0 Å². The molecule has 0 unspecified atom stereocenters. The summed E-state index contributed by atoms with van der Waals surface area (Å²) in [4.78, 5) is 0. The summed E-state index contributed by atoms with van der Waals surface area (Å²) >= 11 is 0. The number of benzene rings is 18. The molecule has 69 heavy (non-hydrogen) atoms. The van der Waals surface area contributed by atoms with Gasteiger partial charge in [0, 0.05) is 30.1 Å². The first-order valence-electron chi connectivity index (χ1n) is 26.4. The molecule has 2 atom stereocenters. The molecule has 0 N–H and O–H groups in total. The van der Waals surface area contributed by atoms with Crippen LogP contribution >= 0.6 is 0 Å². The number of fused-ring (bicyclic) bond motifs is 1. The maximum absolute atomic E-state index is 8.88. The molecule has 2 heteroatoms. The molecule has 1 heterocycles. The van der Waals surface area contributed by atoms with Crippen LogP contribution in [0.15, 0.2) is 0 Å². The Balaban J connectivity index is 1.20. The number of ether oxygens (including phenoxy) is 2. The molecule has 2 fully saturated rings. The van der Waals surface area contributed by atoms with E-state index in [0.717, 1.165) is 19.3 Å². The van der Waals surface area contributed by atoms with E-state index < -0.39 is 11.4 Å². The van der Waals surface area contributed by atoms with Crippen molar-refractivity contribution in [1.29, 1.82) is 0 Å². The summed E-state index contributed by atoms with van der Waals surface area (Å²) in [7, 11) is 0. The largest absolute Gasteiger partial charge is 0.350 e. The summed E-state index contributed by atoms with van der Waals surface area (Å²) in [6.45, 7) is 2.94. The molecule has 1 aliphatic heterocycles. The zero-order valence-electron chi connectivity index (χ0n) is 35.7. The van der Waals surface area contributed by atoms with Gasteiger partial charge in [0.25, 0.3) is 0 Å². The number of hydrogen-bond acceptors (Lipinski definition) is 2. The molecule has 1 saturated heterocycles. The predicted molar refractivity (Wildman–Crippen MR) is 287 cm³/mol. The van der Waals surface area contributed by atoms with Crippen LogP contribution in [0.3, 0.4) is 0 Å². The topological polar surface area (TPSA) is 18.5 Å². The minimum atomic E-state index is -0.668. The van der Waals surface area contributed by atoms with Gasteiger partial charge in [-0.3, -0.25) is 0 Å². The highest BCUT2D eigenvalue weighted by atomic mass is 16.7. The molecular weight excluding hydrogens is 837 g/mol. The maximum Gasteiger partial charge on any atom is 0.174 e. The van der Waals surface area contributed by atoms with Crippen molar-refractivity contribution in [2.75, 3.05) is 6.61 Å². The van der Waals surface area contributed by atoms with Gasteiger partial charge in [0.2, 0.25) is 0 Å². The molecule has 0 bridgehead atoms. The van der Waals surface area contributed by atoms with Crippen LogP contribution in [0.1, 0.15) is 48.4 Å². The van der Waals surface area contributed by atoms with Gasteiger partial charge in [-0.05, 0) is 322 Å².